The van der Waals surface area contributed by atoms with Crippen molar-refractivity contribution < 1.29 is 18.7 Å². The number of nitrogens with zero attached hydrogens (tertiary/aromatic N) is 1. The first-order valence-electron chi connectivity index (χ1n) is 10.0. The van der Waals surface area contributed by atoms with Crippen molar-refractivity contribution in [3.8, 4) is 0 Å². The van der Waals surface area contributed by atoms with Gasteiger partial charge in [0.1, 0.15) is 0 Å². The van der Waals surface area contributed by atoms with Gasteiger partial charge in [-0.25, -0.2) is 0 Å². The zero-order valence-electron chi connectivity index (χ0n) is 16.8. The zero-order valence-corrected chi connectivity index (χ0v) is 17.6. The van der Waals surface area contributed by atoms with Crippen LogP contribution in [0, 0.1) is 6.92 Å². The molecule has 3 aromatic rings. The van der Waals surface area contributed by atoms with E-state index < -0.39 is 0 Å². The Bertz CT molecular complexity index is 990. The van der Waals surface area contributed by atoms with Crippen LogP contribution in [0.25, 0.3) is 0 Å². The number of thiophene rings is 1. The molecule has 0 atom stereocenters. The molecule has 1 aliphatic rings. The van der Waals surface area contributed by atoms with Gasteiger partial charge >= 0.3 is 0 Å². The van der Waals surface area contributed by atoms with Crippen molar-refractivity contribution in [3.63, 3.8) is 0 Å². The highest BCUT2D eigenvalue weighted by molar-refractivity contribution is 7.18. The minimum Gasteiger partial charge on any atom is -0.459 e. The molecule has 156 valence electrons. The zero-order chi connectivity index (χ0) is 20.9. The number of likely N-dealkylation sites (tertiary alicyclic amines) is 1. The van der Waals surface area contributed by atoms with E-state index in [4.69, 9.17) is 9.15 Å². The number of piperidine rings is 1. The Morgan fingerprint density at radius 1 is 1.17 bits per heavy atom. The Morgan fingerprint density at radius 2 is 1.93 bits per heavy atom. The molecule has 0 spiro atoms. The van der Waals surface area contributed by atoms with Crippen molar-refractivity contribution >= 4 is 28.2 Å². The average Bonchev–Trinajstić information content (AvgIpc) is 3.43. The number of ether oxygens (including phenoxy) is 1. The fourth-order valence-electron chi connectivity index (χ4n) is 3.49. The second-order valence-electron chi connectivity index (χ2n) is 7.34. The molecule has 7 heteroatoms. The number of rotatable bonds is 6. The number of hydrogen-bond donors (Lipinski definition) is 1. The highest BCUT2D eigenvalue weighted by Crippen LogP contribution is 2.29. The monoisotopic (exact) mass is 424 g/mol. The molecule has 0 bridgehead atoms. The van der Waals surface area contributed by atoms with Crippen molar-refractivity contribution in [1.82, 2.24) is 4.90 Å². The smallest absolute Gasteiger partial charge is 0.291 e. The molecule has 2 aromatic heterocycles. The molecule has 4 rings (SSSR count). The van der Waals surface area contributed by atoms with Crippen LogP contribution in [0.1, 0.15) is 44.2 Å². The van der Waals surface area contributed by atoms with Crippen LogP contribution in [0.3, 0.4) is 0 Å². The quantitative estimate of drug-likeness (QED) is 0.621. The number of carbonyl (C=O) groups excluding carboxylic acids is 2. The molecule has 1 aromatic carbocycles. The molecule has 0 unspecified atom stereocenters. The third-order valence-electron chi connectivity index (χ3n) is 5.15. The topological polar surface area (TPSA) is 71.8 Å². The van der Waals surface area contributed by atoms with E-state index in [0.717, 1.165) is 24.0 Å². The molecule has 0 saturated carbocycles. The van der Waals surface area contributed by atoms with Crippen LogP contribution in [-0.2, 0) is 11.3 Å². The Morgan fingerprint density at radius 3 is 2.63 bits per heavy atom. The van der Waals surface area contributed by atoms with Gasteiger partial charge in [-0.3, -0.25) is 9.59 Å². The lowest BCUT2D eigenvalue weighted by atomic mass is 10.1. The number of amides is 2. The SMILES string of the molecule is Cc1cc(NC(=O)c2ccco2)sc1C(=O)N1CCC(OCc2ccccc2)CC1. The predicted octanol–water partition coefficient (Wildman–Crippen LogP) is 4.72. The number of aryl methyl sites for hydroxylation is 1. The standard InChI is InChI=1S/C23H24N2O4S/c1-16-14-20(24-22(26)19-8-5-13-28-19)30-21(16)23(27)25-11-9-18(10-12-25)29-15-17-6-3-2-4-7-17/h2-8,13-14,18H,9-12,15H2,1H3,(H,24,26). The number of carbonyl (C=O) groups is 2. The first kappa shape index (κ1) is 20.4. The second-order valence-corrected chi connectivity index (χ2v) is 8.39. The van der Waals surface area contributed by atoms with Crippen molar-refractivity contribution in [2.24, 2.45) is 0 Å². The Hall–Kier alpha value is -2.90. The van der Waals surface area contributed by atoms with Gasteiger partial charge in [0.05, 0.1) is 28.9 Å². The van der Waals surface area contributed by atoms with E-state index >= 15 is 0 Å². The molecule has 3 heterocycles. The average molecular weight is 425 g/mol. The Balaban J connectivity index is 1.31. The fraction of sp³-hybridized carbons (Fsp3) is 0.304. The molecule has 1 N–H and O–H groups in total. The van der Waals surface area contributed by atoms with Crippen LogP contribution in [0.4, 0.5) is 5.00 Å². The van der Waals surface area contributed by atoms with Crippen LogP contribution in [0.5, 0.6) is 0 Å². The van der Waals surface area contributed by atoms with E-state index in [2.05, 4.69) is 17.4 Å². The van der Waals surface area contributed by atoms with E-state index in [0.29, 0.717) is 29.6 Å². The largest absolute Gasteiger partial charge is 0.459 e. The molecule has 1 fully saturated rings. The van der Waals surface area contributed by atoms with Gasteiger partial charge in [-0.1, -0.05) is 30.3 Å². The summed E-state index contributed by atoms with van der Waals surface area (Å²) in [6.45, 7) is 3.83. The Kier molecular flexibility index (Phi) is 6.30. The van der Waals surface area contributed by atoms with Crippen LogP contribution in [0.15, 0.2) is 59.2 Å². The van der Waals surface area contributed by atoms with Crippen LogP contribution in [0.2, 0.25) is 0 Å². The van der Waals surface area contributed by atoms with Gasteiger partial charge in [0, 0.05) is 13.1 Å². The number of anilines is 1. The molecule has 1 saturated heterocycles. The van der Waals surface area contributed by atoms with E-state index in [1.54, 1.807) is 12.1 Å². The Labute approximate surface area is 179 Å². The molecule has 1 aliphatic heterocycles. The van der Waals surface area contributed by atoms with Crippen molar-refractivity contribution in [1.29, 1.82) is 0 Å². The lowest BCUT2D eigenvalue weighted by Crippen LogP contribution is -2.40. The summed E-state index contributed by atoms with van der Waals surface area (Å²) in [5, 5.41) is 3.44. The molecule has 0 aliphatic carbocycles. The molecular weight excluding hydrogens is 400 g/mol. The van der Waals surface area contributed by atoms with Crippen molar-refractivity contribution in [2.75, 3.05) is 18.4 Å². The van der Waals surface area contributed by atoms with Gasteiger partial charge in [0.2, 0.25) is 0 Å². The molecule has 6 nitrogen and oxygen atoms in total. The summed E-state index contributed by atoms with van der Waals surface area (Å²) >= 11 is 1.30. The number of benzene rings is 1. The molecule has 30 heavy (non-hydrogen) atoms. The van der Waals surface area contributed by atoms with Gasteiger partial charge in [-0.2, -0.15) is 0 Å². The maximum absolute atomic E-state index is 13.0. The molecule has 2 amide bonds. The van der Waals surface area contributed by atoms with Gasteiger partial charge in [-0.05, 0) is 49.1 Å². The van der Waals surface area contributed by atoms with Crippen molar-refractivity contribution in [2.45, 2.75) is 32.5 Å². The number of nitrogens with one attached hydrogen (secondary N) is 1. The van der Waals surface area contributed by atoms with Gasteiger partial charge in [-0.15, -0.1) is 11.3 Å². The molecule has 0 radical (unpaired) electrons. The first-order chi connectivity index (χ1) is 14.6. The molecular formula is C23H24N2O4S. The second kappa shape index (κ2) is 9.28. The number of hydrogen-bond acceptors (Lipinski definition) is 5. The summed E-state index contributed by atoms with van der Waals surface area (Å²) in [7, 11) is 0. The van der Waals surface area contributed by atoms with E-state index in [-0.39, 0.29) is 23.7 Å². The fourth-order valence-corrected chi connectivity index (χ4v) is 4.53. The summed E-state index contributed by atoms with van der Waals surface area (Å²) in [6, 6.07) is 15.2. The normalized spacial score (nSPS) is 14.6. The summed E-state index contributed by atoms with van der Waals surface area (Å²) in [6.07, 6.45) is 3.27. The lowest BCUT2D eigenvalue weighted by molar-refractivity contribution is -0.000285. The highest BCUT2D eigenvalue weighted by atomic mass is 32.1. The maximum Gasteiger partial charge on any atom is 0.291 e. The van der Waals surface area contributed by atoms with Crippen LogP contribution < -0.4 is 5.32 Å². The predicted molar refractivity (Wildman–Crippen MR) is 116 cm³/mol. The lowest BCUT2D eigenvalue weighted by Gasteiger charge is -2.32. The van der Waals surface area contributed by atoms with Crippen LogP contribution in [-0.4, -0.2) is 35.9 Å². The van der Waals surface area contributed by atoms with Crippen LogP contribution >= 0.6 is 11.3 Å². The first-order valence-corrected chi connectivity index (χ1v) is 10.8. The van der Waals surface area contributed by atoms with Gasteiger partial charge in [0.25, 0.3) is 11.8 Å². The van der Waals surface area contributed by atoms with Gasteiger partial charge < -0.3 is 19.4 Å². The van der Waals surface area contributed by atoms with Crippen molar-refractivity contribution in [3.05, 3.63) is 76.6 Å². The summed E-state index contributed by atoms with van der Waals surface area (Å²) in [5.41, 5.74) is 2.02. The number of furan rings is 1. The van der Waals surface area contributed by atoms with Gasteiger partial charge in [0.15, 0.2) is 5.76 Å². The highest BCUT2D eigenvalue weighted by Gasteiger charge is 2.26. The summed E-state index contributed by atoms with van der Waals surface area (Å²) < 4.78 is 11.1. The summed E-state index contributed by atoms with van der Waals surface area (Å²) in [4.78, 5) is 27.7. The van der Waals surface area contributed by atoms with E-state index in [9.17, 15) is 9.59 Å². The van der Waals surface area contributed by atoms with E-state index in [1.165, 1.54) is 17.6 Å². The minimum atomic E-state index is -0.323. The third kappa shape index (κ3) is 4.80. The van der Waals surface area contributed by atoms with E-state index in [1.807, 2.05) is 36.1 Å². The minimum absolute atomic E-state index is 0.0116. The maximum atomic E-state index is 13.0. The third-order valence-corrected chi connectivity index (χ3v) is 6.29. The summed E-state index contributed by atoms with van der Waals surface area (Å²) in [5.74, 6) is -0.0689.